The van der Waals surface area contributed by atoms with Crippen molar-refractivity contribution in [3.05, 3.63) is 42.1 Å². The molecular weight excluding hydrogens is 551 g/mol. The molecule has 2 aromatic rings. The smallest absolute Gasteiger partial charge is 0.257 e. The molecule has 0 atom stereocenters. The second kappa shape index (κ2) is 13.9. The van der Waals surface area contributed by atoms with Crippen LogP contribution in [0, 0.1) is 17.2 Å². The van der Waals surface area contributed by atoms with Gasteiger partial charge in [0.05, 0.1) is 11.8 Å². The van der Waals surface area contributed by atoms with E-state index < -0.39 is 5.82 Å². The van der Waals surface area contributed by atoms with Crippen LogP contribution >= 0.6 is 11.9 Å². The van der Waals surface area contributed by atoms with Crippen LogP contribution in [0.5, 0.6) is 11.5 Å². The third-order valence-corrected chi connectivity index (χ3v) is 10.1. The van der Waals surface area contributed by atoms with Crippen LogP contribution in [0.1, 0.15) is 76.6 Å². The van der Waals surface area contributed by atoms with E-state index in [-0.39, 0.29) is 17.5 Å². The number of amides is 1. The molecule has 8 nitrogen and oxygen atoms in total. The molecular formula is C32H47FN6O2S. The van der Waals surface area contributed by atoms with Crippen molar-refractivity contribution in [1.29, 1.82) is 0 Å². The maximum absolute atomic E-state index is 14.2. The number of carbonyl (C=O) groups excluding carboxylic acids is 1. The Morgan fingerprint density at radius 1 is 1.17 bits per heavy atom. The van der Waals surface area contributed by atoms with Crippen molar-refractivity contribution < 1.29 is 13.9 Å². The van der Waals surface area contributed by atoms with Crippen molar-refractivity contribution in [3.8, 4) is 11.5 Å². The monoisotopic (exact) mass is 598 g/mol. The molecule has 3 heterocycles. The van der Waals surface area contributed by atoms with Crippen LogP contribution in [-0.2, 0) is 0 Å². The fraction of sp³-hybridized carbons (Fsp3) is 0.656. The molecule has 0 unspecified atom stereocenters. The quantitative estimate of drug-likeness (QED) is 0.316. The van der Waals surface area contributed by atoms with Gasteiger partial charge in [-0.05, 0) is 96.5 Å². The molecule has 3 fully saturated rings. The van der Waals surface area contributed by atoms with E-state index in [0.29, 0.717) is 29.5 Å². The van der Waals surface area contributed by atoms with Crippen molar-refractivity contribution in [3.63, 3.8) is 0 Å². The molecule has 1 saturated carbocycles. The number of likely N-dealkylation sites (tertiary alicyclic amines) is 1. The molecule has 0 bridgehead atoms. The molecule has 5 rings (SSSR count). The van der Waals surface area contributed by atoms with Crippen molar-refractivity contribution in [2.24, 2.45) is 11.3 Å². The summed E-state index contributed by atoms with van der Waals surface area (Å²) < 4.78 is 24.1. The van der Waals surface area contributed by atoms with Gasteiger partial charge >= 0.3 is 0 Å². The lowest BCUT2D eigenvalue weighted by Gasteiger charge is -2.54. The number of halogens is 1. The number of benzene rings is 1. The van der Waals surface area contributed by atoms with Crippen molar-refractivity contribution in [2.45, 2.75) is 78.3 Å². The Morgan fingerprint density at radius 2 is 1.90 bits per heavy atom. The van der Waals surface area contributed by atoms with Gasteiger partial charge in [0.25, 0.3) is 5.91 Å². The van der Waals surface area contributed by atoms with E-state index in [9.17, 15) is 9.18 Å². The fourth-order valence-electron chi connectivity index (χ4n) is 6.86. The Morgan fingerprint density at radius 3 is 2.57 bits per heavy atom. The first-order valence-electron chi connectivity index (χ1n) is 15.7. The molecule has 1 amide bonds. The Balaban J connectivity index is 1.17. The predicted octanol–water partition coefficient (Wildman–Crippen LogP) is 6.00. The standard InChI is InChI=1S/C32H47FN6O2S/c1-5-39(23(3)4)31(40)27-17-25(33)9-12-28(27)41-29-18-34-22-35-30(29)38-20-32(21-38)13-15-37(16-14-32)19-24-7-10-26(11-8-24)36-42-6-2/h9,12,17-18,22-24,26,36H,5-8,10-11,13-16,19-21H2,1-4H3. The summed E-state index contributed by atoms with van der Waals surface area (Å²) in [5.74, 6) is 2.76. The number of carbonyl (C=O) groups is 1. The Bertz CT molecular complexity index is 1190. The molecule has 230 valence electrons. The number of rotatable bonds is 11. The molecule has 1 aromatic heterocycles. The molecule has 3 aliphatic rings. The normalized spacial score (nSPS) is 22.3. The summed E-state index contributed by atoms with van der Waals surface area (Å²) in [7, 11) is 0. The SMILES string of the molecule is CCSNC1CCC(CN2CCC3(CC2)CN(c2ncncc2Oc2ccc(F)cc2C(=O)N(CC)C(C)C)C3)CC1. The molecule has 1 aromatic carbocycles. The average molecular weight is 599 g/mol. The van der Waals surface area contributed by atoms with E-state index in [1.54, 1.807) is 11.1 Å². The molecule has 2 aliphatic heterocycles. The van der Waals surface area contributed by atoms with E-state index >= 15 is 0 Å². The van der Waals surface area contributed by atoms with Crippen LogP contribution in [0.4, 0.5) is 10.2 Å². The molecule has 42 heavy (non-hydrogen) atoms. The van der Waals surface area contributed by atoms with Crippen molar-refractivity contribution >= 4 is 23.7 Å². The molecule has 0 radical (unpaired) electrons. The number of piperidine rings is 1. The summed E-state index contributed by atoms with van der Waals surface area (Å²) >= 11 is 1.86. The average Bonchev–Trinajstić information content (AvgIpc) is 2.97. The third-order valence-electron chi connectivity index (χ3n) is 9.30. The van der Waals surface area contributed by atoms with Crippen LogP contribution in [-0.4, -0.2) is 82.8 Å². The Kier molecular flexibility index (Phi) is 10.3. The van der Waals surface area contributed by atoms with Gasteiger partial charge in [0, 0.05) is 49.4 Å². The first kappa shape index (κ1) is 31.0. The highest BCUT2D eigenvalue weighted by Crippen LogP contribution is 2.45. The highest BCUT2D eigenvalue weighted by Gasteiger charge is 2.46. The van der Waals surface area contributed by atoms with Gasteiger partial charge in [-0.15, -0.1) is 0 Å². The second-order valence-electron chi connectivity index (χ2n) is 12.6. The minimum atomic E-state index is -0.471. The van der Waals surface area contributed by atoms with Crippen LogP contribution in [0.3, 0.4) is 0 Å². The van der Waals surface area contributed by atoms with E-state index in [0.717, 1.165) is 43.7 Å². The molecule has 1 N–H and O–H groups in total. The minimum Gasteiger partial charge on any atom is -0.451 e. The van der Waals surface area contributed by atoms with Crippen molar-refractivity contribution in [2.75, 3.05) is 49.9 Å². The minimum absolute atomic E-state index is 0.0139. The Labute approximate surface area is 254 Å². The number of hydrogen-bond acceptors (Lipinski definition) is 8. The summed E-state index contributed by atoms with van der Waals surface area (Å²) in [5.41, 5.74) is 0.519. The van der Waals surface area contributed by atoms with E-state index in [1.807, 2.05) is 32.7 Å². The molecule has 10 heteroatoms. The zero-order valence-electron chi connectivity index (χ0n) is 25.6. The lowest BCUT2D eigenvalue weighted by atomic mass is 9.71. The van der Waals surface area contributed by atoms with Crippen LogP contribution in [0.25, 0.3) is 0 Å². The van der Waals surface area contributed by atoms with E-state index in [1.165, 1.54) is 69.6 Å². The van der Waals surface area contributed by atoms with Gasteiger partial charge in [0.1, 0.15) is 17.9 Å². The van der Waals surface area contributed by atoms with Gasteiger partial charge in [0.2, 0.25) is 0 Å². The van der Waals surface area contributed by atoms with Gasteiger partial charge < -0.3 is 19.4 Å². The number of anilines is 1. The molecule has 1 aliphatic carbocycles. The number of nitrogens with one attached hydrogen (secondary N) is 1. The summed E-state index contributed by atoms with van der Waals surface area (Å²) in [4.78, 5) is 28.7. The summed E-state index contributed by atoms with van der Waals surface area (Å²) in [6, 6.07) is 4.77. The van der Waals surface area contributed by atoms with Gasteiger partial charge in [0.15, 0.2) is 11.6 Å². The number of nitrogens with zero attached hydrogens (tertiary/aromatic N) is 5. The summed E-state index contributed by atoms with van der Waals surface area (Å²) in [5, 5.41) is 0. The lowest BCUT2D eigenvalue weighted by Crippen LogP contribution is -2.61. The largest absolute Gasteiger partial charge is 0.451 e. The highest BCUT2D eigenvalue weighted by atomic mass is 32.2. The van der Waals surface area contributed by atoms with Crippen molar-refractivity contribution in [1.82, 2.24) is 24.5 Å². The first-order valence-corrected chi connectivity index (χ1v) is 16.7. The van der Waals surface area contributed by atoms with Crippen LogP contribution < -0.4 is 14.4 Å². The fourth-order valence-corrected chi connectivity index (χ4v) is 7.50. The summed E-state index contributed by atoms with van der Waals surface area (Å²) in [6.45, 7) is 14.0. The zero-order valence-corrected chi connectivity index (χ0v) is 26.5. The van der Waals surface area contributed by atoms with Gasteiger partial charge in [-0.2, -0.15) is 0 Å². The molecule has 1 spiro atoms. The Hall–Kier alpha value is -2.43. The first-order chi connectivity index (χ1) is 20.3. The predicted molar refractivity (Wildman–Crippen MR) is 168 cm³/mol. The number of hydrogen-bond donors (Lipinski definition) is 1. The highest BCUT2D eigenvalue weighted by molar-refractivity contribution is 7.97. The second-order valence-corrected chi connectivity index (χ2v) is 13.7. The van der Waals surface area contributed by atoms with Crippen LogP contribution in [0.15, 0.2) is 30.7 Å². The van der Waals surface area contributed by atoms with E-state index in [4.69, 9.17) is 4.74 Å². The van der Waals surface area contributed by atoms with E-state index in [2.05, 4.69) is 31.4 Å². The molecule has 2 saturated heterocycles. The lowest BCUT2D eigenvalue weighted by molar-refractivity contribution is 0.0618. The maximum Gasteiger partial charge on any atom is 0.257 e. The summed E-state index contributed by atoms with van der Waals surface area (Å²) in [6.07, 6.45) is 10.9. The maximum atomic E-state index is 14.2. The third kappa shape index (κ3) is 7.19. The van der Waals surface area contributed by atoms with Gasteiger partial charge in [-0.3, -0.25) is 9.52 Å². The zero-order chi connectivity index (χ0) is 29.7. The number of aromatic nitrogens is 2. The van der Waals surface area contributed by atoms with Crippen LogP contribution in [0.2, 0.25) is 0 Å². The van der Waals surface area contributed by atoms with Gasteiger partial charge in [-0.25, -0.2) is 14.4 Å². The van der Waals surface area contributed by atoms with Gasteiger partial charge in [-0.1, -0.05) is 18.9 Å². The topological polar surface area (TPSA) is 73.8 Å². The number of ether oxygens (including phenoxy) is 1.